The van der Waals surface area contributed by atoms with Gasteiger partial charge in [-0.15, -0.1) is 0 Å². The molecule has 4 aromatic rings. The van der Waals surface area contributed by atoms with Crippen LogP contribution in [0.15, 0.2) is 48.9 Å². The zero-order valence-corrected chi connectivity index (χ0v) is 21.7. The maximum Gasteiger partial charge on any atom is 0.156 e. The van der Waals surface area contributed by atoms with Crippen LogP contribution in [0.1, 0.15) is 45.8 Å². The SMILES string of the molecule is CC(C)(O)O.Clc1ncnc2c1ccn2C1CCC(COc2ccc3ccc(NCC4CC4)nc3c2)O1. The normalized spacial score (nSPS) is 19.6. The summed E-state index contributed by atoms with van der Waals surface area (Å²) in [6.45, 7) is 4.10. The van der Waals surface area contributed by atoms with Crippen LogP contribution in [0, 0.1) is 5.92 Å². The predicted molar refractivity (Wildman–Crippen MR) is 143 cm³/mol. The van der Waals surface area contributed by atoms with Gasteiger partial charge in [0.2, 0.25) is 0 Å². The third-order valence-corrected chi connectivity index (χ3v) is 6.53. The molecular weight excluding hydrogens is 494 g/mol. The third kappa shape index (κ3) is 6.87. The average molecular weight is 526 g/mol. The highest BCUT2D eigenvalue weighted by Gasteiger charge is 2.28. The molecule has 1 aliphatic heterocycles. The van der Waals surface area contributed by atoms with Crippen LogP contribution in [0.5, 0.6) is 5.75 Å². The van der Waals surface area contributed by atoms with Crippen molar-refractivity contribution in [3.8, 4) is 5.75 Å². The topological polar surface area (TPSA) is 115 Å². The number of halogens is 1. The number of rotatable bonds is 7. The third-order valence-electron chi connectivity index (χ3n) is 6.22. The van der Waals surface area contributed by atoms with Gasteiger partial charge in [-0.1, -0.05) is 11.6 Å². The van der Waals surface area contributed by atoms with Gasteiger partial charge in [0, 0.05) is 24.2 Å². The van der Waals surface area contributed by atoms with E-state index in [-0.39, 0.29) is 12.3 Å². The first-order chi connectivity index (χ1) is 17.7. The van der Waals surface area contributed by atoms with Gasteiger partial charge in [-0.05, 0) is 75.8 Å². The molecule has 1 saturated carbocycles. The second-order valence-electron chi connectivity index (χ2n) is 10.1. The maximum absolute atomic E-state index is 8.08. The van der Waals surface area contributed by atoms with E-state index in [1.54, 1.807) is 0 Å². The van der Waals surface area contributed by atoms with Crippen molar-refractivity contribution in [2.45, 2.75) is 57.6 Å². The van der Waals surface area contributed by atoms with Crippen LogP contribution < -0.4 is 10.1 Å². The van der Waals surface area contributed by atoms with Crippen molar-refractivity contribution in [3.63, 3.8) is 0 Å². The summed E-state index contributed by atoms with van der Waals surface area (Å²) in [5, 5.41) is 22.0. The first-order valence-corrected chi connectivity index (χ1v) is 13.0. The van der Waals surface area contributed by atoms with E-state index >= 15 is 0 Å². The Hall–Kier alpha value is -2.98. The lowest BCUT2D eigenvalue weighted by Crippen LogP contribution is -2.18. The van der Waals surface area contributed by atoms with Gasteiger partial charge in [0.25, 0.3) is 0 Å². The molecule has 3 N–H and O–H groups in total. The Kier molecular flexibility index (Phi) is 7.48. The number of aromatic nitrogens is 4. The number of benzene rings is 1. The lowest BCUT2D eigenvalue weighted by Gasteiger charge is -2.16. The van der Waals surface area contributed by atoms with Crippen LogP contribution >= 0.6 is 11.6 Å². The molecule has 4 heterocycles. The molecule has 0 amide bonds. The molecular formula is C27H32ClN5O4. The molecule has 10 heteroatoms. The van der Waals surface area contributed by atoms with Gasteiger partial charge in [-0.25, -0.2) is 15.0 Å². The van der Waals surface area contributed by atoms with Crippen molar-refractivity contribution in [2.24, 2.45) is 5.92 Å². The molecule has 1 saturated heterocycles. The summed E-state index contributed by atoms with van der Waals surface area (Å²) in [5.41, 5.74) is 1.73. The Bertz CT molecular complexity index is 1360. The Labute approximate surface area is 220 Å². The molecule has 3 aromatic heterocycles. The second-order valence-corrected chi connectivity index (χ2v) is 10.5. The average Bonchev–Trinajstić information content (AvgIpc) is 3.38. The van der Waals surface area contributed by atoms with Gasteiger partial charge >= 0.3 is 0 Å². The van der Waals surface area contributed by atoms with Gasteiger partial charge in [-0.2, -0.15) is 0 Å². The number of anilines is 1. The summed E-state index contributed by atoms with van der Waals surface area (Å²) in [4.78, 5) is 13.2. The van der Waals surface area contributed by atoms with Crippen LogP contribution in [0.3, 0.4) is 0 Å². The number of nitrogens with zero attached hydrogens (tertiary/aromatic N) is 4. The fourth-order valence-electron chi connectivity index (χ4n) is 4.23. The van der Waals surface area contributed by atoms with E-state index < -0.39 is 5.79 Å². The zero-order chi connectivity index (χ0) is 26.0. The minimum Gasteiger partial charge on any atom is -0.491 e. The maximum atomic E-state index is 8.08. The van der Waals surface area contributed by atoms with Gasteiger partial charge < -0.3 is 29.6 Å². The predicted octanol–water partition coefficient (Wildman–Crippen LogP) is 4.92. The van der Waals surface area contributed by atoms with Gasteiger partial charge in [0.1, 0.15) is 41.5 Å². The zero-order valence-electron chi connectivity index (χ0n) is 21.0. The van der Waals surface area contributed by atoms with Crippen molar-refractivity contribution in [3.05, 3.63) is 54.1 Å². The largest absolute Gasteiger partial charge is 0.491 e. The first kappa shape index (κ1) is 25.7. The van der Waals surface area contributed by atoms with E-state index in [4.69, 9.17) is 36.3 Å². The van der Waals surface area contributed by atoms with E-state index in [2.05, 4.69) is 27.4 Å². The molecule has 0 bridgehead atoms. The van der Waals surface area contributed by atoms with E-state index in [1.165, 1.54) is 33.0 Å². The molecule has 6 rings (SSSR count). The van der Waals surface area contributed by atoms with Crippen molar-refractivity contribution in [1.29, 1.82) is 0 Å². The van der Waals surface area contributed by atoms with E-state index in [0.29, 0.717) is 11.8 Å². The monoisotopic (exact) mass is 525 g/mol. The minimum absolute atomic E-state index is 0.0185. The highest BCUT2D eigenvalue weighted by atomic mass is 35.5. The quantitative estimate of drug-likeness (QED) is 0.230. The lowest BCUT2D eigenvalue weighted by atomic mass is 10.2. The number of pyridine rings is 1. The van der Waals surface area contributed by atoms with Crippen LogP contribution in [0.25, 0.3) is 21.9 Å². The number of fused-ring (bicyclic) bond motifs is 2. The Morgan fingerprint density at radius 1 is 1.11 bits per heavy atom. The van der Waals surface area contributed by atoms with E-state index in [9.17, 15) is 0 Å². The number of hydrogen-bond donors (Lipinski definition) is 3. The highest BCUT2D eigenvalue weighted by Crippen LogP contribution is 2.33. The van der Waals surface area contributed by atoms with Crippen molar-refractivity contribution in [2.75, 3.05) is 18.5 Å². The van der Waals surface area contributed by atoms with Crippen molar-refractivity contribution < 1.29 is 19.7 Å². The molecule has 0 radical (unpaired) electrons. The summed E-state index contributed by atoms with van der Waals surface area (Å²) >= 11 is 6.17. The standard InChI is InChI=1S/C24H24ClN5O2.C3H8O2/c25-23-19-9-10-30(24(19)28-14-27-23)22-8-6-18(32-22)13-31-17-5-3-16-4-7-21(29-20(16)11-17)26-12-15-1-2-15;1-3(2,4)5/h3-5,7,9-11,14-15,18,22H,1-2,6,8,12-13H2,(H,26,29);4-5H,1-2H3. The first-order valence-electron chi connectivity index (χ1n) is 12.6. The molecule has 0 spiro atoms. The van der Waals surface area contributed by atoms with Gasteiger partial charge in [0.05, 0.1) is 17.0 Å². The smallest absolute Gasteiger partial charge is 0.156 e. The number of aliphatic hydroxyl groups is 2. The number of ether oxygens (including phenoxy) is 2. The van der Waals surface area contributed by atoms with Crippen molar-refractivity contribution in [1.82, 2.24) is 19.5 Å². The molecule has 2 fully saturated rings. The molecule has 9 nitrogen and oxygen atoms in total. The van der Waals surface area contributed by atoms with Crippen LogP contribution in [0.4, 0.5) is 5.82 Å². The minimum atomic E-state index is -1.50. The molecule has 196 valence electrons. The van der Waals surface area contributed by atoms with Crippen LogP contribution in [-0.4, -0.2) is 54.8 Å². The Morgan fingerprint density at radius 2 is 1.89 bits per heavy atom. The van der Waals surface area contributed by atoms with Gasteiger partial charge in [0.15, 0.2) is 5.79 Å². The summed E-state index contributed by atoms with van der Waals surface area (Å²) in [5.74, 6) is 1.04. The van der Waals surface area contributed by atoms with Crippen LogP contribution in [-0.2, 0) is 4.74 Å². The number of hydrogen-bond acceptors (Lipinski definition) is 8. The fraction of sp³-hybridized carbons (Fsp3) is 0.444. The molecule has 1 aliphatic carbocycles. The van der Waals surface area contributed by atoms with Gasteiger partial charge in [-0.3, -0.25) is 0 Å². The molecule has 37 heavy (non-hydrogen) atoms. The summed E-state index contributed by atoms with van der Waals surface area (Å²) in [6, 6.07) is 12.1. The Balaban J connectivity index is 0.000000514. The Morgan fingerprint density at radius 3 is 2.68 bits per heavy atom. The lowest BCUT2D eigenvalue weighted by molar-refractivity contribution is -0.127. The molecule has 2 unspecified atom stereocenters. The number of nitrogens with one attached hydrogen (secondary N) is 1. The highest BCUT2D eigenvalue weighted by molar-refractivity contribution is 6.33. The summed E-state index contributed by atoms with van der Waals surface area (Å²) in [6.07, 6.45) is 7.85. The van der Waals surface area contributed by atoms with Crippen LogP contribution in [0.2, 0.25) is 5.15 Å². The molecule has 2 aliphatic rings. The summed E-state index contributed by atoms with van der Waals surface area (Å²) in [7, 11) is 0. The second kappa shape index (κ2) is 10.8. The molecule has 1 aromatic carbocycles. The van der Waals surface area contributed by atoms with E-state index in [0.717, 1.165) is 58.8 Å². The summed E-state index contributed by atoms with van der Waals surface area (Å²) < 4.78 is 14.4. The van der Waals surface area contributed by atoms with Crippen molar-refractivity contribution >= 4 is 39.4 Å². The molecule has 2 atom stereocenters. The fourth-order valence-corrected chi connectivity index (χ4v) is 4.42. The van der Waals surface area contributed by atoms with E-state index in [1.807, 2.05) is 35.0 Å².